The van der Waals surface area contributed by atoms with Crippen molar-refractivity contribution in [2.24, 2.45) is 11.3 Å². The van der Waals surface area contributed by atoms with Gasteiger partial charge in [-0.25, -0.2) is 4.98 Å². The topological polar surface area (TPSA) is 53.4 Å². The number of hydrogen-bond donors (Lipinski definition) is 1. The molecule has 1 saturated carbocycles. The van der Waals surface area contributed by atoms with Crippen molar-refractivity contribution in [3.8, 4) is 0 Å². The Kier molecular flexibility index (Phi) is 7.05. The Balaban J connectivity index is 1.71. The Morgan fingerprint density at radius 1 is 1.24 bits per heavy atom. The van der Waals surface area contributed by atoms with Crippen LogP contribution in [0, 0.1) is 25.2 Å². The standard InChI is InChI=1S/C23H34N2O2S2/c1-15-12-18(16(2)29-15)13-25(11-10-21(26)27)22-24-20(14-28-22)17-6-8-19(9-7-17)23(3,4)5/h12,14,17,19H,6-11,13H2,1-5H3,(H,26,27). The maximum absolute atomic E-state index is 11.2. The molecule has 0 spiro atoms. The van der Waals surface area contributed by atoms with Crippen molar-refractivity contribution < 1.29 is 9.90 Å². The molecule has 29 heavy (non-hydrogen) atoms. The molecule has 2 aromatic rings. The number of anilines is 1. The lowest BCUT2D eigenvalue weighted by Gasteiger charge is -2.36. The first-order chi connectivity index (χ1) is 13.6. The first-order valence-corrected chi connectivity index (χ1v) is 12.3. The second-order valence-electron chi connectivity index (χ2n) is 9.47. The summed E-state index contributed by atoms with van der Waals surface area (Å²) in [5.41, 5.74) is 2.87. The second-order valence-corrected chi connectivity index (χ2v) is 11.8. The molecule has 6 heteroatoms. The van der Waals surface area contributed by atoms with E-state index >= 15 is 0 Å². The van der Waals surface area contributed by atoms with E-state index in [0.717, 1.165) is 17.6 Å². The van der Waals surface area contributed by atoms with E-state index < -0.39 is 5.97 Å². The molecule has 2 aromatic heterocycles. The van der Waals surface area contributed by atoms with E-state index in [1.165, 1.54) is 46.7 Å². The molecule has 1 fully saturated rings. The number of thiophene rings is 1. The predicted molar refractivity (Wildman–Crippen MR) is 123 cm³/mol. The monoisotopic (exact) mass is 434 g/mol. The SMILES string of the molecule is Cc1cc(CN(CCC(=O)O)c2nc(C3CCC(C(C)(C)C)CC3)cs2)c(C)s1. The normalized spacial score (nSPS) is 20.0. The van der Waals surface area contributed by atoms with Crippen molar-refractivity contribution in [2.75, 3.05) is 11.4 Å². The lowest BCUT2D eigenvalue weighted by atomic mass is 9.69. The molecule has 3 rings (SSSR count). The van der Waals surface area contributed by atoms with Crippen LogP contribution in [-0.4, -0.2) is 22.6 Å². The largest absolute Gasteiger partial charge is 0.481 e. The van der Waals surface area contributed by atoms with Gasteiger partial charge in [0, 0.05) is 34.1 Å². The Hall–Kier alpha value is -1.40. The predicted octanol–water partition coefficient (Wildman–Crippen LogP) is 6.62. The minimum Gasteiger partial charge on any atom is -0.481 e. The van der Waals surface area contributed by atoms with Crippen LogP contribution >= 0.6 is 22.7 Å². The van der Waals surface area contributed by atoms with E-state index in [-0.39, 0.29) is 6.42 Å². The summed E-state index contributed by atoms with van der Waals surface area (Å²) in [6, 6.07) is 2.22. The van der Waals surface area contributed by atoms with Gasteiger partial charge in [-0.2, -0.15) is 0 Å². The van der Waals surface area contributed by atoms with E-state index in [0.29, 0.717) is 17.9 Å². The summed E-state index contributed by atoms with van der Waals surface area (Å²) in [6.07, 6.45) is 5.11. The summed E-state index contributed by atoms with van der Waals surface area (Å²) in [6.45, 7) is 12.6. The summed E-state index contributed by atoms with van der Waals surface area (Å²) >= 11 is 3.47. The molecule has 1 aliphatic rings. The molecule has 4 nitrogen and oxygen atoms in total. The molecule has 0 aromatic carbocycles. The molecular weight excluding hydrogens is 400 g/mol. The van der Waals surface area contributed by atoms with Crippen molar-refractivity contribution in [3.63, 3.8) is 0 Å². The van der Waals surface area contributed by atoms with Gasteiger partial charge in [0.25, 0.3) is 0 Å². The molecule has 2 heterocycles. The third kappa shape index (κ3) is 5.82. The molecule has 1 aliphatic carbocycles. The molecule has 1 N–H and O–H groups in total. The van der Waals surface area contributed by atoms with Gasteiger partial charge in [0.05, 0.1) is 12.1 Å². The van der Waals surface area contributed by atoms with E-state index in [1.807, 2.05) is 0 Å². The van der Waals surface area contributed by atoms with Crippen LogP contribution in [0.25, 0.3) is 0 Å². The van der Waals surface area contributed by atoms with Crippen LogP contribution in [0.5, 0.6) is 0 Å². The molecule has 0 aliphatic heterocycles. The highest BCUT2D eigenvalue weighted by Gasteiger charge is 2.31. The van der Waals surface area contributed by atoms with Crippen LogP contribution in [0.15, 0.2) is 11.4 Å². The molecule has 0 saturated heterocycles. The summed E-state index contributed by atoms with van der Waals surface area (Å²) in [5.74, 6) is 0.587. The first kappa shape index (κ1) is 22.3. The van der Waals surface area contributed by atoms with Crippen molar-refractivity contribution in [2.45, 2.75) is 79.2 Å². The number of thiazole rings is 1. The summed E-state index contributed by atoms with van der Waals surface area (Å²) < 4.78 is 0. The number of rotatable bonds is 7. The number of carbonyl (C=O) groups is 1. The van der Waals surface area contributed by atoms with Crippen molar-refractivity contribution in [1.82, 2.24) is 4.98 Å². The molecule has 160 valence electrons. The van der Waals surface area contributed by atoms with Crippen LogP contribution in [-0.2, 0) is 11.3 Å². The van der Waals surface area contributed by atoms with Gasteiger partial charge in [-0.05, 0) is 62.5 Å². The first-order valence-electron chi connectivity index (χ1n) is 10.6. The fourth-order valence-corrected chi connectivity index (χ4v) is 6.26. The van der Waals surface area contributed by atoms with Gasteiger partial charge < -0.3 is 10.0 Å². The van der Waals surface area contributed by atoms with Crippen molar-refractivity contribution in [3.05, 3.63) is 32.5 Å². The zero-order valence-corrected chi connectivity index (χ0v) is 20.0. The Morgan fingerprint density at radius 2 is 1.93 bits per heavy atom. The highest BCUT2D eigenvalue weighted by atomic mass is 32.1. The lowest BCUT2D eigenvalue weighted by molar-refractivity contribution is -0.136. The van der Waals surface area contributed by atoms with Gasteiger partial charge in [0.1, 0.15) is 0 Å². The Labute approximate surface area is 183 Å². The van der Waals surface area contributed by atoms with Gasteiger partial charge in [-0.3, -0.25) is 4.79 Å². The summed E-state index contributed by atoms with van der Waals surface area (Å²) in [4.78, 5) is 20.9. The highest BCUT2D eigenvalue weighted by Crippen LogP contribution is 2.43. The second kappa shape index (κ2) is 9.17. The van der Waals surface area contributed by atoms with Gasteiger partial charge in [-0.1, -0.05) is 20.8 Å². The van der Waals surface area contributed by atoms with Crippen molar-refractivity contribution in [1.29, 1.82) is 0 Å². The van der Waals surface area contributed by atoms with E-state index in [4.69, 9.17) is 4.98 Å². The van der Waals surface area contributed by atoms with Gasteiger partial charge >= 0.3 is 5.97 Å². The van der Waals surface area contributed by atoms with Gasteiger partial charge in [0.2, 0.25) is 0 Å². The third-order valence-corrected chi connectivity index (χ3v) is 8.18. The minimum atomic E-state index is -0.759. The smallest absolute Gasteiger partial charge is 0.305 e. The zero-order chi connectivity index (χ0) is 21.2. The van der Waals surface area contributed by atoms with Crippen LogP contribution in [0.4, 0.5) is 5.13 Å². The average molecular weight is 435 g/mol. The Bertz CT molecular complexity index is 826. The molecule has 0 bridgehead atoms. The quantitative estimate of drug-likeness (QED) is 0.532. The molecule has 0 radical (unpaired) electrons. The van der Waals surface area contributed by atoms with Crippen LogP contribution in [0.1, 0.15) is 79.8 Å². The number of carboxylic acids is 1. The van der Waals surface area contributed by atoms with Crippen molar-refractivity contribution >= 4 is 33.8 Å². The van der Waals surface area contributed by atoms with E-state index in [2.05, 4.69) is 51.0 Å². The molecule has 0 atom stereocenters. The van der Waals surface area contributed by atoms with E-state index in [9.17, 15) is 9.90 Å². The average Bonchev–Trinajstić information content (AvgIpc) is 3.24. The summed E-state index contributed by atoms with van der Waals surface area (Å²) in [5, 5.41) is 12.4. The number of hydrogen-bond acceptors (Lipinski definition) is 5. The van der Waals surface area contributed by atoms with Crippen LogP contribution in [0.3, 0.4) is 0 Å². The fourth-order valence-electron chi connectivity index (χ4n) is 4.38. The number of aromatic nitrogens is 1. The third-order valence-electron chi connectivity index (χ3n) is 6.25. The van der Waals surface area contributed by atoms with Crippen LogP contribution in [0.2, 0.25) is 0 Å². The Morgan fingerprint density at radius 3 is 2.48 bits per heavy atom. The number of nitrogens with zero attached hydrogens (tertiary/aromatic N) is 2. The van der Waals surface area contributed by atoms with Gasteiger partial charge in [0.15, 0.2) is 5.13 Å². The number of carboxylic acid groups (broad SMARTS) is 1. The van der Waals surface area contributed by atoms with Gasteiger partial charge in [-0.15, -0.1) is 22.7 Å². The molecule has 0 amide bonds. The fraction of sp³-hybridized carbons (Fsp3) is 0.652. The lowest BCUT2D eigenvalue weighted by Crippen LogP contribution is -2.26. The maximum Gasteiger partial charge on any atom is 0.305 e. The zero-order valence-electron chi connectivity index (χ0n) is 18.3. The maximum atomic E-state index is 11.2. The molecule has 0 unspecified atom stereocenters. The minimum absolute atomic E-state index is 0.133. The summed E-state index contributed by atoms with van der Waals surface area (Å²) in [7, 11) is 0. The number of aryl methyl sites for hydroxylation is 2. The van der Waals surface area contributed by atoms with Crippen LogP contribution < -0.4 is 4.90 Å². The van der Waals surface area contributed by atoms with E-state index in [1.54, 1.807) is 22.7 Å². The number of aliphatic carboxylic acids is 1. The molecular formula is C23H34N2O2S2. The highest BCUT2D eigenvalue weighted by molar-refractivity contribution is 7.13.